The van der Waals surface area contributed by atoms with Crippen LogP contribution in [-0.4, -0.2) is 30.4 Å². The average molecular weight is 373 g/mol. The molecule has 3 aromatic rings. The van der Waals surface area contributed by atoms with E-state index < -0.39 is 0 Å². The van der Waals surface area contributed by atoms with Gasteiger partial charge in [-0.15, -0.1) is 0 Å². The third-order valence-corrected chi connectivity index (χ3v) is 4.84. The molecule has 0 unspecified atom stereocenters. The zero-order valence-electron chi connectivity index (χ0n) is 14.1. The van der Waals surface area contributed by atoms with Crippen molar-refractivity contribution in [2.75, 3.05) is 30.9 Å². The molecule has 2 heterocycles. The summed E-state index contributed by atoms with van der Waals surface area (Å²) in [5.41, 5.74) is 5.37. The zero-order chi connectivity index (χ0) is 17.6. The van der Waals surface area contributed by atoms with Gasteiger partial charge in [-0.2, -0.15) is 5.10 Å². The third-order valence-electron chi connectivity index (χ3n) is 4.40. The van der Waals surface area contributed by atoms with Crippen LogP contribution in [0.15, 0.2) is 42.5 Å². The maximum absolute atomic E-state index is 6.17. The molecule has 1 N–H and O–H groups in total. The Morgan fingerprint density at radius 2 is 1.72 bits per heavy atom. The number of nitrogens with one attached hydrogen (secondary N) is 1. The molecule has 6 heteroatoms. The Morgan fingerprint density at radius 3 is 2.36 bits per heavy atom. The fraction of sp³-hybridized carbons (Fsp3) is 0.211. The van der Waals surface area contributed by atoms with E-state index in [4.69, 9.17) is 28.3 Å². The van der Waals surface area contributed by atoms with Gasteiger partial charge in [0.15, 0.2) is 0 Å². The number of halogens is 2. The first-order valence-corrected chi connectivity index (χ1v) is 8.88. The molecular weight excluding hydrogens is 355 g/mol. The highest BCUT2D eigenvalue weighted by Crippen LogP contribution is 2.36. The van der Waals surface area contributed by atoms with Crippen LogP contribution in [0.1, 0.15) is 5.56 Å². The van der Waals surface area contributed by atoms with Crippen LogP contribution in [0, 0.1) is 0 Å². The minimum atomic E-state index is 0.599. The number of rotatable bonds is 3. The summed E-state index contributed by atoms with van der Waals surface area (Å²) in [4.78, 5) is 2.09. The highest BCUT2D eigenvalue weighted by Gasteiger charge is 2.24. The van der Waals surface area contributed by atoms with Crippen LogP contribution in [0.3, 0.4) is 0 Å². The quantitative estimate of drug-likeness (QED) is 0.710. The predicted octanol–water partition coefficient (Wildman–Crippen LogP) is 4.88. The van der Waals surface area contributed by atoms with Crippen molar-refractivity contribution >= 4 is 34.7 Å². The SMILES string of the molecule is CN(C)c1ccc(-c2nn(-c3cc(Cl)cc(Cl)c3)c3c2CCN3)cc1. The molecule has 0 saturated carbocycles. The molecular formula is C19H18Cl2N4. The summed E-state index contributed by atoms with van der Waals surface area (Å²) in [5.74, 6) is 1.02. The van der Waals surface area contributed by atoms with Crippen molar-refractivity contribution in [3.8, 4) is 16.9 Å². The van der Waals surface area contributed by atoms with Crippen molar-refractivity contribution in [3.63, 3.8) is 0 Å². The Labute approximate surface area is 157 Å². The van der Waals surface area contributed by atoms with E-state index >= 15 is 0 Å². The molecule has 0 fully saturated rings. The van der Waals surface area contributed by atoms with Crippen molar-refractivity contribution in [2.45, 2.75) is 6.42 Å². The molecule has 2 aromatic carbocycles. The smallest absolute Gasteiger partial charge is 0.133 e. The van der Waals surface area contributed by atoms with Gasteiger partial charge >= 0.3 is 0 Å². The lowest BCUT2D eigenvalue weighted by Gasteiger charge is -2.12. The highest BCUT2D eigenvalue weighted by molar-refractivity contribution is 6.34. The summed E-state index contributed by atoms with van der Waals surface area (Å²) in [6.07, 6.45) is 0.953. The van der Waals surface area contributed by atoms with Gasteiger partial charge in [-0.05, 0) is 36.8 Å². The molecule has 0 bridgehead atoms. The molecule has 0 atom stereocenters. The van der Waals surface area contributed by atoms with E-state index in [1.165, 1.54) is 11.3 Å². The van der Waals surface area contributed by atoms with Gasteiger partial charge < -0.3 is 10.2 Å². The van der Waals surface area contributed by atoms with Crippen LogP contribution < -0.4 is 10.2 Å². The molecule has 0 amide bonds. The summed E-state index contributed by atoms with van der Waals surface area (Å²) in [6.45, 7) is 0.907. The van der Waals surface area contributed by atoms with Crippen molar-refractivity contribution in [1.29, 1.82) is 0 Å². The lowest BCUT2D eigenvalue weighted by Crippen LogP contribution is -2.08. The van der Waals surface area contributed by atoms with Gasteiger partial charge in [0.1, 0.15) is 5.82 Å². The Balaban J connectivity index is 1.83. The van der Waals surface area contributed by atoms with Crippen LogP contribution in [-0.2, 0) is 6.42 Å². The van der Waals surface area contributed by atoms with Gasteiger partial charge in [0, 0.05) is 47.5 Å². The van der Waals surface area contributed by atoms with Crippen molar-refractivity contribution in [3.05, 3.63) is 58.1 Å². The van der Waals surface area contributed by atoms with Crippen LogP contribution in [0.4, 0.5) is 11.5 Å². The first kappa shape index (κ1) is 16.3. The van der Waals surface area contributed by atoms with Crippen molar-refractivity contribution in [1.82, 2.24) is 9.78 Å². The maximum atomic E-state index is 6.17. The summed E-state index contributed by atoms with van der Waals surface area (Å²) >= 11 is 12.3. The molecule has 1 aliphatic heterocycles. The molecule has 25 heavy (non-hydrogen) atoms. The number of fused-ring (bicyclic) bond motifs is 1. The van der Waals surface area contributed by atoms with E-state index in [1.54, 1.807) is 6.07 Å². The van der Waals surface area contributed by atoms with Crippen LogP contribution >= 0.6 is 23.2 Å². The van der Waals surface area contributed by atoms with Crippen molar-refractivity contribution < 1.29 is 0 Å². The summed E-state index contributed by atoms with van der Waals surface area (Å²) in [6, 6.07) is 13.9. The summed E-state index contributed by atoms with van der Waals surface area (Å²) in [7, 11) is 4.07. The Kier molecular flexibility index (Phi) is 4.10. The van der Waals surface area contributed by atoms with E-state index in [0.717, 1.165) is 35.7 Å². The Hall–Kier alpha value is -2.17. The van der Waals surface area contributed by atoms with Crippen LogP contribution in [0.2, 0.25) is 10.0 Å². The summed E-state index contributed by atoms with van der Waals surface area (Å²) < 4.78 is 1.90. The number of hydrogen-bond donors (Lipinski definition) is 1. The second kappa shape index (κ2) is 6.28. The lowest BCUT2D eigenvalue weighted by atomic mass is 10.1. The van der Waals surface area contributed by atoms with E-state index in [9.17, 15) is 0 Å². The monoisotopic (exact) mass is 372 g/mol. The van der Waals surface area contributed by atoms with E-state index in [0.29, 0.717) is 10.0 Å². The average Bonchev–Trinajstić information content (AvgIpc) is 3.16. The second-order valence-electron chi connectivity index (χ2n) is 6.33. The molecule has 0 spiro atoms. The first-order valence-electron chi connectivity index (χ1n) is 8.13. The Morgan fingerprint density at radius 1 is 1.04 bits per heavy atom. The number of aromatic nitrogens is 2. The number of anilines is 2. The minimum Gasteiger partial charge on any atom is -0.378 e. The van der Waals surface area contributed by atoms with Gasteiger partial charge in [-0.3, -0.25) is 0 Å². The molecule has 1 aliphatic rings. The highest BCUT2D eigenvalue weighted by atomic mass is 35.5. The number of hydrogen-bond acceptors (Lipinski definition) is 3. The predicted molar refractivity (Wildman–Crippen MR) is 106 cm³/mol. The van der Waals surface area contributed by atoms with Gasteiger partial charge in [-0.25, -0.2) is 4.68 Å². The first-order chi connectivity index (χ1) is 12.0. The third kappa shape index (κ3) is 2.96. The molecule has 128 valence electrons. The molecule has 4 rings (SSSR count). The normalized spacial score (nSPS) is 12.8. The van der Waals surface area contributed by atoms with Gasteiger partial charge in [-0.1, -0.05) is 35.3 Å². The van der Waals surface area contributed by atoms with Crippen molar-refractivity contribution in [2.24, 2.45) is 0 Å². The molecule has 1 aromatic heterocycles. The lowest BCUT2D eigenvalue weighted by molar-refractivity contribution is 0.882. The molecule has 0 radical (unpaired) electrons. The van der Waals surface area contributed by atoms with Crippen LogP contribution in [0.25, 0.3) is 16.9 Å². The fourth-order valence-corrected chi connectivity index (χ4v) is 3.69. The number of benzene rings is 2. The van der Waals surface area contributed by atoms with Gasteiger partial charge in [0.25, 0.3) is 0 Å². The Bertz CT molecular complexity index is 909. The summed E-state index contributed by atoms with van der Waals surface area (Å²) in [5, 5.41) is 9.48. The molecule has 0 aliphatic carbocycles. The zero-order valence-corrected chi connectivity index (χ0v) is 15.6. The van der Waals surface area contributed by atoms with Gasteiger partial charge in [0.05, 0.1) is 11.4 Å². The number of nitrogens with zero attached hydrogens (tertiary/aromatic N) is 3. The van der Waals surface area contributed by atoms with E-state index in [1.807, 2.05) is 30.9 Å². The van der Waals surface area contributed by atoms with E-state index in [-0.39, 0.29) is 0 Å². The van der Waals surface area contributed by atoms with E-state index in [2.05, 4.69) is 34.5 Å². The maximum Gasteiger partial charge on any atom is 0.133 e. The standard InChI is InChI=1S/C19H18Cl2N4/c1-24(2)15-5-3-12(4-6-15)18-17-7-8-22-19(17)25(23-18)16-10-13(20)9-14(21)11-16/h3-6,9-11,22H,7-8H2,1-2H3. The minimum absolute atomic E-state index is 0.599. The van der Waals surface area contributed by atoms with Crippen LogP contribution in [0.5, 0.6) is 0 Å². The molecule has 0 saturated heterocycles. The molecule has 4 nitrogen and oxygen atoms in total. The fourth-order valence-electron chi connectivity index (χ4n) is 3.17. The van der Waals surface area contributed by atoms with Gasteiger partial charge in [0.2, 0.25) is 0 Å². The largest absolute Gasteiger partial charge is 0.378 e. The second-order valence-corrected chi connectivity index (χ2v) is 7.21. The topological polar surface area (TPSA) is 33.1 Å².